The van der Waals surface area contributed by atoms with Crippen molar-refractivity contribution in [1.82, 2.24) is 14.7 Å². The van der Waals surface area contributed by atoms with Crippen molar-refractivity contribution in [3.8, 4) is 0 Å². The third-order valence-corrected chi connectivity index (χ3v) is 6.44. The molecule has 1 aromatic rings. The van der Waals surface area contributed by atoms with Crippen molar-refractivity contribution in [2.24, 2.45) is 7.05 Å². The lowest BCUT2D eigenvalue weighted by Gasteiger charge is -2.29. The summed E-state index contributed by atoms with van der Waals surface area (Å²) in [5.74, 6) is -1.14. The minimum Gasteiger partial charge on any atom is -0.449 e. The zero-order valence-corrected chi connectivity index (χ0v) is 16.2. The van der Waals surface area contributed by atoms with Gasteiger partial charge in [-0.05, 0) is 27.2 Å². The van der Waals surface area contributed by atoms with Crippen molar-refractivity contribution in [3.05, 3.63) is 16.4 Å². The molecule has 0 spiro atoms. The van der Waals surface area contributed by atoms with Crippen LogP contribution in [0.3, 0.4) is 0 Å². The molecule has 0 aromatic carbocycles. The summed E-state index contributed by atoms with van der Waals surface area (Å²) in [7, 11) is -1.52. The Kier molecular flexibility index (Phi) is 5.78. The smallest absolute Gasteiger partial charge is 0.343 e. The van der Waals surface area contributed by atoms with Crippen molar-refractivity contribution in [2.75, 3.05) is 18.1 Å². The Morgan fingerprint density at radius 2 is 2.12 bits per heavy atom. The Bertz CT molecular complexity index is 789. The molecule has 2 heterocycles. The molecule has 25 heavy (non-hydrogen) atoms. The van der Waals surface area contributed by atoms with Gasteiger partial charge in [-0.2, -0.15) is 5.10 Å². The molecule has 1 aliphatic heterocycles. The monoisotopic (exact) mass is 391 g/mol. The molecule has 2 unspecified atom stereocenters. The SMILES string of the molecule is CCN(C(=O)C(C)OC(=O)c1c(C)nn(C)c1Cl)C1CCS(=O)(=O)C1. The van der Waals surface area contributed by atoms with Crippen LogP contribution in [0.2, 0.25) is 5.15 Å². The summed E-state index contributed by atoms with van der Waals surface area (Å²) in [6.45, 7) is 5.19. The number of halogens is 1. The Morgan fingerprint density at radius 1 is 1.48 bits per heavy atom. The maximum absolute atomic E-state index is 12.6. The normalized spacial score (nSPS) is 20.3. The van der Waals surface area contributed by atoms with Crippen LogP contribution in [0.4, 0.5) is 0 Å². The fourth-order valence-electron chi connectivity index (χ4n) is 2.98. The number of nitrogens with zero attached hydrogens (tertiary/aromatic N) is 3. The van der Waals surface area contributed by atoms with E-state index in [1.807, 2.05) is 0 Å². The molecule has 1 aromatic heterocycles. The van der Waals surface area contributed by atoms with Crippen LogP contribution in [0.5, 0.6) is 0 Å². The van der Waals surface area contributed by atoms with Crippen molar-refractivity contribution in [3.63, 3.8) is 0 Å². The largest absolute Gasteiger partial charge is 0.449 e. The van der Waals surface area contributed by atoms with E-state index in [1.165, 1.54) is 16.5 Å². The zero-order chi connectivity index (χ0) is 18.9. The van der Waals surface area contributed by atoms with E-state index in [0.29, 0.717) is 18.7 Å². The highest BCUT2D eigenvalue weighted by Crippen LogP contribution is 2.22. The molecule has 1 saturated heterocycles. The molecule has 1 aliphatic rings. The van der Waals surface area contributed by atoms with Gasteiger partial charge in [-0.15, -0.1) is 0 Å². The number of rotatable bonds is 5. The standard InChI is InChI=1S/C15H22ClN3O5S/c1-5-19(11-6-7-25(22,23)8-11)14(20)10(3)24-15(21)12-9(2)17-18(4)13(12)16/h10-11H,5-8H2,1-4H3. The molecule has 10 heteroatoms. The predicted octanol–water partition coefficient (Wildman–Crippen LogP) is 0.963. The van der Waals surface area contributed by atoms with E-state index in [1.54, 1.807) is 20.9 Å². The van der Waals surface area contributed by atoms with E-state index < -0.39 is 27.8 Å². The first-order valence-electron chi connectivity index (χ1n) is 7.98. The van der Waals surface area contributed by atoms with Crippen LogP contribution in [-0.4, -0.2) is 65.2 Å². The number of amides is 1. The van der Waals surface area contributed by atoms with E-state index in [2.05, 4.69) is 5.10 Å². The highest BCUT2D eigenvalue weighted by atomic mass is 35.5. The number of aromatic nitrogens is 2. The number of ether oxygens (including phenoxy) is 1. The van der Waals surface area contributed by atoms with Gasteiger partial charge in [0.05, 0.1) is 17.2 Å². The van der Waals surface area contributed by atoms with E-state index in [9.17, 15) is 18.0 Å². The summed E-state index contributed by atoms with van der Waals surface area (Å²) in [6, 6.07) is -0.382. The third kappa shape index (κ3) is 4.14. The lowest BCUT2D eigenvalue weighted by molar-refractivity contribution is -0.141. The molecule has 0 radical (unpaired) electrons. The van der Waals surface area contributed by atoms with Gasteiger partial charge in [0.15, 0.2) is 15.9 Å². The van der Waals surface area contributed by atoms with E-state index in [4.69, 9.17) is 16.3 Å². The topological polar surface area (TPSA) is 98.6 Å². The van der Waals surface area contributed by atoms with E-state index >= 15 is 0 Å². The van der Waals surface area contributed by atoms with Crippen molar-refractivity contribution >= 4 is 33.3 Å². The maximum atomic E-state index is 12.6. The van der Waals surface area contributed by atoms with Gasteiger partial charge in [0.25, 0.3) is 5.91 Å². The van der Waals surface area contributed by atoms with Gasteiger partial charge < -0.3 is 9.64 Å². The lowest BCUT2D eigenvalue weighted by Crippen LogP contribution is -2.46. The summed E-state index contributed by atoms with van der Waals surface area (Å²) in [5, 5.41) is 4.17. The van der Waals surface area contributed by atoms with E-state index in [0.717, 1.165) is 0 Å². The van der Waals surface area contributed by atoms with Crippen molar-refractivity contribution in [2.45, 2.75) is 39.3 Å². The third-order valence-electron chi connectivity index (χ3n) is 4.26. The van der Waals surface area contributed by atoms with Crippen LogP contribution >= 0.6 is 11.6 Å². The summed E-state index contributed by atoms with van der Waals surface area (Å²) in [4.78, 5) is 26.4. The molecular formula is C15H22ClN3O5S. The van der Waals surface area contributed by atoms with Gasteiger partial charge in [-0.25, -0.2) is 13.2 Å². The average Bonchev–Trinajstić information content (AvgIpc) is 2.99. The number of carbonyl (C=O) groups is 2. The molecule has 1 amide bonds. The minimum atomic E-state index is -3.11. The first kappa shape index (κ1) is 19.7. The van der Waals surface area contributed by atoms with Crippen LogP contribution in [0.25, 0.3) is 0 Å². The lowest BCUT2D eigenvalue weighted by atomic mass is 10.2. The molecule has 0 aliphatic carbocycles. The Morgan fingerprint density at radius 3 is 2.56 bits per heavy atom. The minimum absolute atomic E-state index is 0.0548. The van der Waals surface area contributed by atoms with Crippen LogP contribution < -0.4 is 0 Å². The Hall–Kier alpha value is -1.61. The number of carbonyl (C=O) groups excluding carboxylic acids is 2. The Balaban J connectivity index is 2.09. The van der Waals surface area contributed by atoms with Gasteiger partial charge in [0, 0.05) is 19.6 Å². The highest BCUT2D eigenvalue weighted by Gasteiger charge is 2.36. The number of hydrogen-bond acceptors (Lipinski definition) is 6. The molecule has 140 valence electrons. The quantitative estimate of drug-likeness (QED) is 0.693. The number of likely N-dealkylation sites (N-methyl/N-ethyl adjacent to an activating group) is 1. The number of sulfone groups is 1. The summed E-state index contributed by atoms with van der Waals surface area (Å²) in [5.41, 5.74) is 0.529. The molecule has 1 fully saturated rings. The van der Waals surface area contributed by atoms with Crippen LogP contribution in [-0.2, 0) is 26.4 Å². The molecule has 2 atom stereocenters. The predicted molar refractivity (Wildman–Crippen MR) is 92.3 cm³/mol. The number of esters is 1. The summed E-state index contributed by atoms with van der Waals surface area (Å²) >= 11 is 6.03. The van der Waals surface area contributed by atoms with E-state index in [-0.39, 0.29) is 28.3 Å². The van der Waals surface area contributed by atoms with Crippen LogP contribution in [0.15, 0.2) is 0 Å². The summed E-state index contributed by atoms with van der Waals surface area (Å²) in [6.07, 6.45) is -0.651. The summed E-state index contributed by atoms with van der Waals surface area (Å²) < 4.78 is 29.9. The van der Waals surface area contributed by atoms with Crippen LogP contribution in [0, 0.1) is 6.92 Å². The van der Waals surface area contributed by atoms with Crippen molar-refractivity contribution < 1.29 is 22.7 Å². The average molecular weight is 392 g/mol. The highest BCUT2D eigenvalue weighted by molar-refractivity contribution is 7.91. The maximum Gasteiger partial charge on any atom is 0.343 e. The molecule has 8 nitrogen and oxygen atoms in total. The first-order valence-corrected chi connectivity index (χ1v) is 10.2. The molecular weight excluding hydrogens is 370 g/mol. The second-order valence-electron chi connectivity index (χ2n) is 6.10. The first-order chi connectivity index (χ1) is 11.6. The van der Waals surface area contributed by atoms with Gasteiger partial charge in [0.2, 0.25) is 0 Å². The molecule has 0 bridgehead atoms. The molecule has 0 saturated carbocycles. The second kappa shape index (κ2) is 7.33. The van der Waals surface area contributed by atoms with Crippen molar-refractivity contribution in [1.29, 1.82) is 0 Å². The fourth-order valence-corrected chi connectivity index (χ4v) is 4.96. The Labute approximate surface area is 152 Å². The van der Waals surface area contributed by atoms with Gasteiger partial charge >= 0.3 is 5.97 Å². The fraction of sp³-hybridized carbons (Fsp3) is 0.667. The van der Waals surface area contributed by atoms with Crippen LogP contribution in [0.1, 0.15) is 36.3 Å². The molecule has 0 N–H and O–H groups in total. The zero-order valence-electron chi connectivity index (χ0n) is 14.7. The number of aryl methyl sites for hydroxylation is 2. The molecule has 2 rings (SSSR count). The van der Waals surface area contributed by atoms with Gasteiger partial charge in [0.1, 0.15) is 10.7 Å². The number of hydrogen-bond donors (Lipinski definition) is 0. The van der Waals surface area contributed by atoms with Gasteiger partial charge in [-0.1, -0.05) is 11.6 Å². The van der Waals surface area contributed by atoms with Gasteiger partial charge in [-0.3, -0.25) is 9.48 Å². The second-order valence-corrected chi connectivity index (χ2v) is 8.69.